The van der Waals surface area contributed by atoms with Gasteiger partial charge in [0.15, 0.2) is 11.6 Å². The molecule has 3 aromatic rings. The van der Waals surface area contributed by atoms with Crippen molar-refractivity contribution in [1.82, 2.24) is 9.80 Å². The molecule has 1 aliphatic carbocycles. The number of nitrogens with zero attached hydrogens (tertiary/aromatic N) is 2. The van der Waals surface area contributed by atoms with Crippen molar-refractivity contribution in [3.63, 3.8) is 0 Å². The van der Waals surface area contributed by atoms with Gasteiger partial charge in [0.2, 0.25) is 6.10 Å². The molecule has 11 heteroatoms. The van der Waals surface area contributed by atoms with Gasteiger partial charge in [0, 0.05) is 25.2 Å². The molecule has 9 nitrogen and oxygen atoms in total. The van der Waals surface area contributed by atoms with Crippen LogP contribution in [-0.2, 0) is 14.3 Å². The number of esters is 1. The highest BCUT2D eigenvalue weighted by Gasteiger charge is 2.51. The molecule has 0 aromatic heterocycles. The first-order valence-electron chi connectivity index (χ1n) is 16.5. The van der Waals surface area contributed by atoms with Crippen LogP contribution in [0.15, 0.2) is 72.8 Å². The second kappa shape index (κ2) is 17.2. The van der Waals surface area contributed by atoms with E-state index in [2.05, 4.69) is 40.0 Å². The van der Waals surface area contributed by atoms with Crippen LogP contribution in [0.4, 0.5) is 18.4 Å². The van der Waals surface area contributed by atoms with Crippen molar-refractivity contribution in [2.45, 2.75) is 83.0 Å². The van der Waals surface area contributed by atoms with E-state index in [-0.39, 0.29) is 11.3 Å². The molecule has 258 valence electrons. The van der Waals surface area contributed by atoms with Crippen molar-refractivity contribution in [1.29, 1.82) is 0 Å². The molecular formula is C37H45F2N3O6. The summed E-state index contributed by atoms with van der Waals surface area (Å²) in [7, 11) is 1.06. The number of cyclic esters (lactones) is 1. The van der Waals surface area contributed by atoms with Crippen LogP contribution in [-0.4, -0.2) is 66.3 Å². The molecule has 48 heavy (non-hydrogen) atoms. The fraction of sp³-hybridized carbons (Fsp3) is 0.432. The fourth-order valence-electron chi connectivity index (χ4n) is 6.38. The lowest BCUT2D eigenvalue weighted by atomic mass is 9.81. The van der Waals surface area contributed by atoms with Crippen LogP contribution in [0.3, 0.4) is 0 Å². The van der Waals surface area contributed by atoms with Crippen molar-refractivity contribution in [3.8, 4) is 5.75 Å². The van der Waals surface area contributed by atoms with E-state index in [4.69, 9.17) is 15.2 Å². The number of imide groups is 1. The maximum atomic E-state index is 13.7. The summed E-state index contributed by atoms with van der Waals surface area (Å²) < 4.78 is 41.7. The first-order chi connectivity index (χ1) is 23.1. The molecule has 2 heterocycles. The van der Waals surface area contributed by atoms with Gasteiger partial charge in [-0.05, 0) is 80.3 Å². The van der Waals surface area contributed by atoms with Crippen LogP contribution < -0.4 is 10.5 Å². The summed E-state index contributed by atoms with van der Waals surface area (Å²) in [6.07, 6.45) is 2.71. The van der Waals surface area contributed by atoms with Crippen LogP contribution in [0.2, 0.25) is 0 Å². The van der Waals surface area contributed by atoms with E-state index in [1.54, 1.807) is 12.1 Å². The molecule has 3 aromatic carbocycles. The molecule has 3 aliphatic rings. The molecule has 2 amide bonds. The summed E-state index contributed by atoms with van der Waals surface area (Å²) in [5.41, 5.74) is 8.43. The number of aryl methyl sites for hydroxylation is 1. The van der Waals surface area contributed by atoms with Gasteiger partial charge >= 0.3 is 18.2 Å². The van der Waals surface area contributed by atoms with Crippen LogP contribution in [0.1, 0.15) is 74.6 Å². The number of amides is 2. The molecule has 0 radical (unpaired) electrons. The molecule has 2 aliphatic heterocycles. The van der Waals surface area contributed by atoms with Crippen LogP contribution in [0.25, 0.3) is 0 Å². The highest BCUT2D eigenvalue weighted by atomic mass is 19.2. The summed E-state index contributed by atoms with van der Waals surface area (Å²) in [6, 6.07) is 20.0. The largest absolute Gasteiger partial charge is 0.466 e. The number of carbonyl (C=O) groups is 3. The number of likely N-dealkylation sites (tertiary alicyclic amines) is 1. The summed E-state index contributed by atoms with van der Waals surface area (Å²) in [6.45, 7) is 8.19. The Kier molecular flexibility index (Phi) is 13.0. The summed E-state index contributed by atoms with van der Waals surface area (Å²) in [4.78, 5) is 40.0. The van der Waals surface area contributed by atoms with Gasteiger partial charge in [0.25, 0.3) is 0 Å². The van der Waals surface area contributed by atoms with Gasteiger partial charge in [0.05, 0.1) is 7.11 Å². The van der Waals surface area contributed by atoms with Crippen molar-refractivity contribution in [3.05, 3.63) is 101 Å². The molecule has 2 saturated heterocycles. The maximum Gasteiger partial charge on any atom is 0.425 e. The van der Waals surface area contributed by atoms with E-state index in [1.165, 1.54) is 56.3 Å². The lowest BCUT2D eigenvalue weighted by molar-refractivity contribution is -0.150. The fourth-order valence-corrected chi connectivity index (χ4v) is 6.38. The zero-order chi connectivity index (χ0) is 34.8. The minimum Gasteiger partial charge on any atom is -0.466 e. The van der Waals surface area contributed by atoms with E-state index in [9.17, 15) is 23.2 Å². The third-order valence-electron chi connectivity index (χ3n) is 8.87. The third kappa shape index (κ3) is 8.96. The number of hydrogen-bond acceptors (Lipinski definition) is 8. The number of rotatable bonds is 5. The van der Waals surface area contributed by atoms with Crippen LogP contribution in [0.5, 0.6) is 5.75 Å². The number of methoxy groups -OCH3 is 1. The number of ether oxygens (including phenoxy) is 3. The average molecular weight is 666 g/mol. The Morgan fingerprint density at radius 3 is 2.12 bits per heavy atom. The van der Waals surface area contributed by atoms with Crippen molar-refractivity contribution < 1.29 is 37.4 Å². The van der Waals surface area contributed by atoms with E-state index in [0.717, 1.165) is 49.4 Å². The van der Waals surface area contributed by atoms with Crippen LogP contribution >= 0.6 is 0 Å². The molecule has 3 atom stereocenters. The Labute approximate surface area is 280 Å². The average Bonchev–Trinajstić information content (AvgIpc) is 3.71. The highest BCUT2D eigenvalue weighted by molar-refractivity contribution is 5.94. The Hall–Kier alpha value is -4.35. The molecule has 0 spiro atoms. The predicted octanol–water partition coefficient (Wildman–Crippen LogP) is 7.28. The zero-order valence-corrected chi connectivity index (χ0v) is 27.9. The number of benzene rings is 3. The van der Waals surface area contributed by atoms with Gasteiger partial charge in [-0.25, -0.2) is 23.2 Å². The first kappa shape index (κ1) is 36.5. The molecule has 0 bridgehead atoms. The Bertz CT molecular complexity index is 1520. The van der Waals surface area contributed by atoms with Gasteiger partial charge in [0.1, 0.15) is 11.8 Å². The lowest BCUT2D eigenvalue weighted by Crippen LogP contribution is -2.39. The molecular weight excluding hydrogens is 620 g/mol. The quantitative estimate of drug-likeness (QED) is 0.283. The zero-order valence-electron chi connectivity index (χ0n) is 27.9. The normalized spacial score (nSPS) is 23.6. The number of hydrogen-bond donors (Lipinski definition) is 1. The van der Waals surface area contributed by atoms with Crippen molar-refractivity contribution in [2.24, 2.45) is 5.73 Å². The number of carbonyl (C=O) groups excluding carboxylic acids is 3. The molecule has 6 rings (SSSR count). The summed E-state index contributed by atoms with van der Waals surface area (Å²) in [5, 5.41) is 0. The van der Waals surface area contributed by atoms with E-state index in [1.807, 2.05) is 20.8 Å². The summed E-state index contributed by atoms with van der Waals surface area (Å²) in [5.74, 6) is -2.37. The Balaban J connectivity index is 0.000000223. The highest BCUT2D eigenvalue weighted by Crippen LogP contribution is 2.37. The predicted molar refractivity (Wildman–Crippen MR) is 177 cm³/mol. The van der Waals surface area contributed by atoms with E-state index in [0.29, 0.717) is 10.9 Å². The number of nitrogens with two attached hydrogens (primary N) is 1. The van der Waals surface area contributed by atoms with E-state index >= 15 is 0 Å². The van der Waals surface area contributed by atoms with E-state index < -0.39 is 41.9 Å². The Morgan fingerprint density at radius 2 is 1.54 bits per heavy atom. The smallest absolute Gasteiger partial charge is 0.425 e. The second-order valence-corrected chi connectivity index (χ2v) is 12.0. The van der Waals surface area contributed by atoms with Gasteiger partial charge < -0.3 is 19.9 Å². The Morgan fingerprint density at radius 1 is 0.875 bits per heavy atom. The van der Waals surface area contributed by atoms with Crippen molar-refractivity contribution in [2.75, 3.05) is 20.2 Å². The van der Waals surface area contributed by atoms with Gasteiger partial charge in [-0.15, -0.1) is 0 Å². The summed E-state index contributed by atoms with van der Waals surface area (Å²) >= 11 is 0. The molecule has 1 saturated carbocycles. The SMILES string of the molecule is CC.COC(=O)C1OC(=O)N(C(=O)Oc2ccc(C)cc2)C1c1ccc(F)c(F)c1.NC1CCN(C2CCC(c3ccccc3)CC2)C1. The van der Waals surface area contributed by atoms with Gasteiger partial charge in [-0.2, -0.15) is 4.90 Å². The minimum absolute atomic E-state index is 0.0407. The maximum absolute atomic E-state index is 13.7. The minimum atomic E-state index is -1.56. The van der Waals surface area contributed by atoms with Crippen LogP contribution in [0, 0.1) is 18.6 Å². The molecule has 3 unspecified atom stereocenters. The van der Waals surface area contributed by atoms with Gasteiger partial charge in [-0.3, -0.25) is 4.90 Å². The monoisotopic (exact) mass is 665 g/mol. The topological polar surface area (TPSA) is 111 Å². The van der Waals surface area contributed by atoms with Crippen molar-refractivity contribution >= 4 is 18.2 Å². The standard InChI is InChI=1S/C19H15F2NO6.C16H24N2.C2H6/c1-10-3-6-12(7-4-10)27-18(24)22-15(11-5-8-13(20)14(21)9-11)16(17(23)26-2)28-19(22)25;17-15-10-11-18(12-15)16-8-6-14(7-9-16)13-4-2-1-3-5-13;1-2/h3-9,15-16H,1-2H3;1-5,14-16H,6-12,17H2;1-2H3. The molecule has 2 N–H and O–H groups in total. The number of halogens is 2. The first-order valence-corrected chi connectivity index (χ1v) is 16.5. The lowest BCUT2D eigenvalue weighted by Gasteiger charge is -2.34. The molecule has 3 fully saturated rings. The third-order valence-corrected chi connectivity index (χ3v) is 8.87. The van der Waals surface area contributed by atoms with Gasteiger partial charge in [-0.1, -0.05) is 67.9 Å². The second-order valence-electron chi connectivity index (χ2n) is 12.0.